The fourth-order valence-electron chi connectivity index (χ4n) is 2.62. The largest absolute Gasteiger partial charge is 0.496 e. The Kier molecular flexibility index (Phi) is 7.82. The van der Waals surface area contributed by atoms with E-state index in [0.29, 0.717) is 6.54 Å². The molecule has 1 aromatic carbocycles. The number of hydrogen-bond donors (Lipinski definition) is 2. The van der Waals surface area contributed by atoms with Gasteiger partial charge in [0.1, 0.15) is 5.75 Å². The molecule has 0 spiro atoms. The average molecular weight is 343 g/mol. The summed E-state index contributed by atoms with van der Waals surface area (Å²) in [5, 5.41) is 10.9. The van der Waals surface area contributed by atoms with Crippen molar-refractivity contribution in [1.82, 2.24) is 20.4 Å². The highest BCUT2D eigenvalue weighted by Gasteiger charge is 2.10. The van der Waals surface area contributed by atoms with Gasteiger partial charge < -0.3 is 15.4 Å². The SMILES string of the molecule is CCNC(=NCC(C)c1ccccc1OC)NCCCn1cccn1. The molecule has 6 heteroatoms. The molecule has 0 radical (unpaired) electrons. The lowest BCUT2D eigenvalue weighted by Crippen LogP contribution is -2.38. The average Bonchev–Trinajstić information content (AvgIpc) is 3.16. The second-order valence-corrected chi connectivity index (χ2v) is 5.91. The summed E-state index contributed by atoms with van der Waals surface area (Å²) in [6.07, 6.45) is 4.78. The zero-order valence-electron chi connectivity index (χ0n) is 15.4. The van der Waals surface area contributed by atoms with Crippen LogP contribution in [0.15, 0.2) is 47.7 Å². The first-order valence-corrected chi connectivity index (χ1v) is 8.87. The molecule has 0 aliphatic carbocycles. The fourth-order valence-corrected chi connectivity index (χ4v) is 2.62. The summed E-state index contributed by atoms with van der Waals surface area (Å²) in [6, 6.07) is 10.1. The van der Waals surface area contributed by atoms with Crippen LogP contribution in [0.4, 0.5) is 0 Å². The predicted octanol–water partition coefficient (Wildman–Crippen LogP) is 2.64. The van der Waals surface area contributed by atoms with Crippen LogP contribution in [0, 0.1) is 0 Å². The first kappa shape index (κ1) is 18.8. The predicted molar refractivity (Wildman–Crippen MR) is 102 cm³/mol. The van der Waals surface area contributed by atoms with E-state index < -0.39 is 0 Å². The van der Waals surface area contributed by atoms with Gasteiger partial charge in [-0.25, -0.2) is 0 Å². The summed E-state index contributed by atoms with van der Waals surface area (Å²) < 4.78 is 7.39. The Labute approximate surface area is 150 Å². The van der Waals surface area contributed by atoms with Gasteiger partial charge in [-0.05, 0) is 31.0 Å². The van der Waals surface area contributed by atoms with Crippen molar-refractivity contribution in [2.24, 2.45) is 4.99 Å². The van der Waals surface area contributed by atoms with Gasteiger partial charge >= 0.3 is 0 Å². The van der Waals surface area contributed by atoms with Gasteiger partial charge in [-0.1, -0.05) is 25.1 Å². The number of nitrogens with zero attached hydrogens (tertiary/aromatic N) is 3. The molecule has 0 fully saturated rings. The molecular formula is C19H29N5O. The van der Waals surface area contributed by atoms with E-state index in [1.807, 2.05) is 35.1 Å². The number of benzene rings is 1. The fraction of sp³-hybridized carbons (Fsp3) is 0.474. The molecule has 1 aromatic heterocycles. The lowest BCUT2D eigenvalue weighted by Gasteiger charge is -2.16. The lowest BCUT2D eigenvalue weighted by molar-refractivity contribution is 0.407. The standard InChI is InChI=1S/C19H29N5O/c1-4-20-19(21-11-7-13-24-14-8-12-23-24)22-15-16(2)17-9-5-6-10-18(17)25-3/h5-6,8-10,12,14,16H,4,7,11,13,15H2,1-3H3,(H2,20,21,22). The van der Waals surface area contributed by atoms with Crippen molar-refractivity contribution in [1.29, 1.82) is 0 Å². The van der Waals surface area contributed by atoms with E-state index in [1.165, 1.54) is 5.56 Å². The highest BCUT2D eigenvalue weighted by molar-refractivity contribution is 5.79. The van der Waals surface area contributed by atoms with Crippen molar-refractivity contribution < 1.29 is 4.74 Å². The minimum Gasteiger partial charge on any atom is -0.496 e. The minimum absolute atomic E-state index is 0.288. The van der Waals surface area contributed by atoms with Gasteiger partial charge in [0.2, 0.25) is 0 Å². The van der Waals surface area contributed by atoms with Crippen LogP contribution in [-0.4, -0.2) is 42.5 Å². The third-order valence-corrected chi connectivity index (χ3v) is 3.95. The maximum atomic E-state index is 5.45. The number of nitrogens with one attached hydrogen (secondary N) is 2. The summed E-state index contributed by atoms with van der Waals surface area (Å²) in [4.78, 5) is 4.72. The molecule has 0 saturated carbocycles. The van der Waals surface area contributed by atoms with Crippen LogP contribution in [-0.2, 0) is 6.54 Å². The number of aliphatic imine (C=N–C) groups is 1. The number of rotatable bonds is 9. The van der Waals surface area contributed by atoms with Crippen LogP contribution in [0.2, 0.25) is 0 Å². The second-order valence-electron chi connectivity index (χ2n) is 5.91. The first-order valence-electron chi connectivity index (χ1n) is 8.87. The number of para-hydroxylation sites is 1. The molecule has 136 valence electrons. The van der Waals surface area contributed by atoms with E-state index in [9.17, 15) is 0 Å². The molecule has 0 bridgehead atoms. The maximum absolute atomic E-state index is 5.45. The number of ether oxygens (including phenoxy) is 1. The minimum atomic E-state index is 0.288. The molecule has 2 rings (SSSR count). The van der Waals surface area contributed by atoms with Gasteiger partial charge in [-0.2, -0.15) is 5.10 Å². The smallest absolute Gasteiger partial charge is 0.191 e. The Bertz CT molecular complexity index is 639. The molecular weight excluding hydrogens is 314 g/mol. The molecule has 0 saturated heterocycles. The molecule has 6 nitrogen and oxygen atoms in total. The van der Waals surface area contributed by atoms with Gasteiger partial charge in [-0.15, -0.1) is 0 Å². The number of methoxy groups -OCH3 is 1. The summed E-state index contributed by atoms with van der Waals surface area (Å²) in [5.41, 5.74) is 1.18. The molecule has 0 aliphatic heterocycles. The van der Waals surface area contributed by atoms with Gasteiger partial charge in [0, 0.05) is 44.5 Å². The van der Waals surface area contributed by atoms with Gasteiger partial charge in [0.05, 0.1) is 7.11 Å². The third kappa shape index (κ3) is 6.14. The molecule has 1 heterocycles. The summed E-state index contributed by atoms with van der Waals surface area (Å²) in [5.74, 6) is 2.06. The van der Waals surface area contributed by atoms with Gasteiger partial charge in [0.15, 0.2) is 5.96 Å². The number of hydrogen-bond acceptors (Lipinski definition) is 3. The molecule has 0 aliphatic rings. The van der Waals surface area contributed by atoms with E-state index >= 15 is 0 Å². The Balaban J connectivity index is 1.85. The Morgan fingerprint density at radius 3 is 2.84 bits per heavy atom. The van der Waals surface area contributed by atoms with Crippen molar-refractivity contribution in [3.63, 3.8) is 0 Å². The Morgan fingerprint density at radius 1 is 1.28 bits per heavy atom. The van der Waals surface area contributed by atoms with Crippen molar-refractivity contribution >= 4 is 5.96 Å². The van der Waals surface area contributed by atoms with E-state index in [2.05, 4.69) is 35.6 Å². The number of aromatic nitrogens is 2. The summed E-state index contributed by atoms with van der Waals surface area (Å²) in [6.45, 7) is 7.54. The van der Waals surface area contributed by atoms with Crippen molar-refractivity contribution in [3.05, 3.63) is 48.3 Å². The lowest BCUT2D eigenvalue weighted by atomic mass is 10.0. The third-order valence-electron chi connectivity index (χ3n) is 3.95. The molecule has 2 N–H and O–H groups in total. The maximum Gasteiger partial charge on any atom is 0.191 e. The van der Waals surface area contributed by atoms with Crippen molar-refractivity contribution in [2.45, 2.75) is 32.7 Å². The van der Waals surface area contributed by atoms with E-state index in [-0.39, 0.29) is 5.92 Å². The number of guanidine groups is 1. The molecule has 0 amide bonds. The Hall–Kier alpha value is -2.50. The van der Waals surface area contributed by atoms with Crippen LogP contribution < -0.4 is 15.4 Å². The van der Waals surface area contributed by atoms with Crippen molar-refractivity contribution in [2.75, 3.05) is 26.7 Å². The first-order chi connectivity index (χ1) is 12.2. The molecule has 1 atom stereocenters. The van der Waals surface area contributed by atoms with Crippen LogP contribution in [0.1, 0.15) is 31.7 Å². The quantitative estimate of drug-likeness (QED) is 0.417. The zero-order chi connectivity index (χ0) is 17.9. The van der Waals surface area contributed by atoms with Crippen LogP contribution in [0.5, 0.6) is 5.75 Å². The normalized spacial score (nSPS) is 12.7. The van der Waals surface area contributed by atoms with Crippen LogP contribution in [0.25, 0.3) is 0 Å². The zero-order valence-corrected chi connectivity index (χ0v) is 15.4. The van der Waals surface area contributed by atoms with E-state index in [0.717, 1.165) is 37.8 Å². The van der Waals surface area contributed by atoms with Crippen molar-refractivity contribution in [3.8, 4) is 5.75 Å². The summed E-state index contributed by atoms with van der Waals surface area (Å²) >= 11 is 0. The highest BCUT2D eigenvalue weighted by atomic mass is 16.5. The molecule has 1 unspecified atom stereocenters. The topological polar surface area (TPSA) is 63.5 Å². The Morgan fingerprint density at radius 2 is 2.12 bits per heavy atom. The van der Waals surface area contributed by atoms with Crippen LogP contribution in [0.3, 0.4) is 0 Å². The van der Waals surface area contributed by atoms with Crippen LogP contribution >= 0.6 is 0 Å². The highest BCUT2D eigenvalue weighted by Crippen LogP contribution is 2.26. The molecule has 2 aromatic rings. The second kappa shape index (κ2) is 10.4. The summed E-state index contributed by atoms with van der Waals surface area (Å²) in [7, 11) is 1.71. The monoisotopic (exact) mass is 343 g/mol. The molecule has 25 heavy (non-hydrogen) atoms. The van der Waals surface area contributed by atoms with E-state index in [1.54, 1.807) is 13.3 Å². The van der Waals surface area contributed by atoms with E-state index in [4.69, 9.17) is 9.73 Å². The number of aryl methyl sites for hydroxylation is 1. The van der Waals surface area contributed by atoms with Gasteiger partial charge in [0.25, 0.3) is 0 Å². The van der Waals surface area contributed by atoms with Gasteiger partial charge in [-0.3, -0.25) is 9.67 Å².